The Labute approximate surface area is 383 Å². The van der Waals surface area contributed by atoms with Crippen LogP contribution < -0.4 is 5.32 Å². The topological polar surface area (TPSA) is 55.9 Å². The van der Waals surface area contributed by atoms with E-state index >= 15 is 0 Å². The second kappa shape index (κ2) is 21.5. The summed E-state index contributed by atoms with van der Waals surface area (Å²) >= 11 is 12.7. The van der Waals surface area contributed by atoms with E-state index in [0.717, 1.165) is 71.4 Å². The second-order valence-electron chi connectivity index (χ2n) is 16.4. The first kappa shape index (κ1) is 44.5. The van der Waals surface area contributed by atoms with Gasteiger partial charge in [0.1, 0.15) is 0 Å². The second-order valence-corrected chi connectivity index (χ2v) is 19.1. The van der Waals surface area contributed by atoms with Crippen LogP contribution in [0.4, 0.5) is 0 Å². The number of nitrogens with zero attached hydrogens (tertiary/aromatic N) is 3. The summed E-state index contributed by atoms with van der Waals surface area (Å²) in [5.74, 6) is 0. The third-order valence-corrected chi connectivity index (χ3v) is 14.6. The Kier molecular flexibility index (Phi) is 15.2. The van der Waals surface area contributed by atoms with E-state index in [0.29, 0.717) is 37.0 Å². The molecule has 2 aliphatic heterocycles. The van der Waals surface area contributed by atoms with Crippen molar-refractivity contribution in [1.29, 1.82) is 0 Å². The molecule has 2 atom stereocenters. The van der Waals surface area contributed by atoms with Crippen LogP contribution in [0.2, 0.25) is 10.0 Å². The van der Waals surface area contributed by atoms with E-state index in [9.17, 15) is 8.42 Å². The van der Waals surface area contributed by atoms with E-state index < -0.39 is 10.0 Å². The minimum Gasteiger partial charge on any atom is -0.311 e. The molecule has 2 fully saturated rings. The van der Waals surface area contributed by atoms with Crippen molar-refractivity contribution in [3.05, 3.63) is 220 Å². The van der Waals surface area contributed by atoms with Crippen molar-refractivity contribution in [1.82, 2.24) is 19.4 Å². The molecule has 322 valence electrons. The molecule has 6 nitrogen and oxygen atoms in total. The zero-order valence-corrected chi connectivity index (χ0v) is 37.8. The molecule has 0 unspecified atom stereocenters. The predicted molar refractivity (Wildman–Crippen MR) is 261 cm³/mol. The zero-order valence-electron chi connectivity index (χ0n) is 35.4. The molecule has 0 bridgehead atoms. The molecule has 2 aliphatic rings. The molecule has 63 heavy (non-hydrogen) atoms. The Bertz CT molecular complexity index is 2620. The lowest BCUT2D eigenvalue weighted by Gasteiger charge is -2.40. The molecule has 0 aromatic heterocycles. The number of rotatable bonds is 12. The predicted octanol–water partition coefficient (Wildman–Crippen LogP) is 11.1. The van der Waals surface area contributed by atoms with Gasteiger partial charge in [-0.1, -0.05) is 187 Å². The lowest BCUT2D eigenvalue weighted by molar-refractivity contribution is 0.129. The highest BCUT2D eigenvalue weighted by Crippen LogP contribution is 2.30. The van der Waals surface area contributed by atoms with Gasteiger partial charge >= 0.3 is 0 Å². The van der Waals surface area contributed by atoms with Crippen LogP contribution >= 0.6 is 23.2 Å². The Morgan fingerprint density at radius 3 is 1.46 bits per heavy atom. The van der Waals surface area contributed by atoms with Crippen molar-refractivity contribution >= 4 is 33.2 Å². The molecule has 7 aromatic rings. The van der Waals surface area contributed by atoms with Crippen molar-refractivity contribution < 1.29 is 8.42 Å². The first-order valence-electron chi connectivity index (χ1n) is 21.8. The van der Waals surface area contributed by atoms with Crippen LogP contribution in [0.5, 0.6) is 0 Å². The number of hydrogen-bond donors (Lipinski definition) is 1. The van der Waals surface area contributed by atoms with Crippen LogP contribution in [-0.2, 0) is 36.0 Å². The van der Waals surface area contributed by atoms with E-state index in [1.165, 1.54) is 22.3 Å². The maximum absolute atomic E-state index is 13.5. The number of hydrogen-bond acceptors (Lipinski definition) is 5. The van der Waals surface area contributed by atoms with Crippen molar-refractivity contribution in [2.45, 2.75) is 42.9 Å². The average molecular weight is 894 g/mol. The fourth-order valence-corrected chi connectivity index (χ4v) is 10.8. The molecular weight excluding hydrogens is 840 g/mol. The average Bonchev–Trinajstić information content (AvgIpc) is 3.31. The first-order chi connectivity index (χ1) is 30.8. The lowest BCUT2D eigenvalue weighted by atomic mass is 10.0. The number of sulfonamides is 1. The van der Waals surface area contributed by atoms with Crippen molar-refractivity contribution in [3.63, 3.8) is 0 Å². The fraction of sp³-hybridized carbons (Fsp3) is 0.222. The van der Waals surface area contributed by atoms with Gasteiger partial charge in [-0.05, 0) is 70.5 Å². The third-order valence-electron chi connectivity index (χ3n) is 11.9. The number of halogens is 2. The van der Waals surface area contributed by atoms with E-state index in [2.05, 4.69) is 112 Å². The fourth-order valence-electron chi connectivity index (χ4n) is 8.70. The standard InChI is InChI=1S/C30H29ClN2O2S.C24H25ClN2/c31-30-14-8-7-13-29(30)26-17-15-25(16-18-26)22-32-19-20-33(36(34,35)28-11-5-2-6-12-28)27(23-32)21-24-9-3-1-4-10-24;25-24-9-5-4-8-23(24)21-12-10-20(11-13-21)17-27-15-14-26-22(18-27)16-19-6-2-1-3-7-19/h1-18,27H,19-23H2;1-13,22,26H,14-18H2/t27-;22-/m00/s1. The first-order valence-corrected chi connectivity index (χ1v) is 24.0. The molecule has 7 aromatic carbocycles. The molecule has 9 heteroatoms. The van der Waals surface area contributed by atoms with Gasteiger partial charge in [0, 0.05) is 85.6 Å². The highest BCUT2D eigenvalue weighted by molar-refractivity contribution is 7.89. The molecule has 1 N–H and O–H groups in total. The van der Waals surface area contributed by atoms with E-state index in [-0.39, 0.29) is 6.04 Å². The number of nitrogens with one attached hydrogen (secondary N) is 1. The molecule has 2 saturated heterocycles. The van der Waals surface area contributed by atoms with Crippen molar-refractivity contribution in [2.75, 3.05) is 39.3 Å². The summed E-state index contributed by atoms with van der Waals surface area (Å²) in [4.78, 5) is 5.26. The molecule has 0 spiro atoms. The Hall–Kier alpha value is -5.09. The highest BCUT2D eigenvalue weighted by Gasteiger charge is 2.36. The van der Waals surface area contributed by atoms with Gasteiger partial charge in [0.2, 0.25) is 10.0 Å². The summed E-state index contributed by atoms with van der Waals surface area (Å²) in [6, 6.07) is 63.2. The maximum atomic E-state index is 13.5. The normalized spacial score (nSPS) is 17.4. The summed E-state index contributed by atoms with van der Waals surface area (Å²) in [7, 11) is -3.57. The third kappa shape index (κ3) is 11.9. The van der Waals surface area contributed by atoms with Crippen LogP contribution in [-0.4, -0.2) is 73.9 Å². The highest BCUT2D eigenvalue weighted by atomic mass is 35.5. The number of benzene rings is 7. The zero-order chi connectivity index (χ0) is 43.4. The van der Waals surface area contributed by atoms with Gasteiger partial charge in [0.15, 0.2) is 0 Å². The van der Waals surface area contributed by atoms with Gasteiger partial charge in [-0.2, -0.15) is 4.31 Å². The van der Waals surface area contributed by atoms with Crippen molar-refractivity contribution in [3.8, 4) is 22.3 Å². The van der Waals surface area contributed by atoms with Crippen LogP contribution in [0.25, 0.3) is 22.3 Å². The van der Waals surface area contributed by atoms with E-state index in [1.54, 1.807) is 28.6 Å². The molecule has 0 amide bonds. The van der Waals surface area contributed by atoms with Crippen molar-refractivity contribution in [2.24, 2.45) is 0 Å². The van der Waals surface area contributed by atoms with Gasteiger partial charge in [0.25, 0.3) is 0 Å². The Morgan fingerprint density at radius 2 is 0.937 bits per heavy atom. The lowest BCUT2D eigenvalue weighted by Crippen LogP contribution is -2.55. The Morgan fingerprint density at radius 1 is 0.476 bits per heavy atom. The molecule has 0 radical (unpaired) electrons. The van der Waals surface area contributed by atoms with E-state index in [1.807, 2.05) is 66.7 Å². The largest absolute Gasteiger partial charge is 0.311 e. The van der Waals surface area contributed by atoms with Crippen LogP contribution in [0, 0.1) is 0 Å². The van der Waals surface area contributed by atoms with Crippen LogP contribution in [0.1, 0.15) is 22.3 Å². The summed E-state index contributed by atoms with van der Waals surface area (Å²) in [5, 5.41) is 5.21. The van der Waals surface area contributed by atoms with Gasteiger partial charge in [-0.3, -0.25) is 9.80 Å². The molecule has 2 heterocycles. The molecule has 0 aliphatic carbocycles. The smallest absolute Gasteiger partial charge is 0.243 e. The minimum absolute atomic E-state index is 0.145. The summed E-state index contributed by atoms with van der Waals surface area (Å²) in [5.41, 5.74) is 9.47. The minimum atomic E-state index is -3.57. The van der Waals surface area contributed by atoms with Crippen LogP contribution in [0.3, 0.4) is 0 Å². The Balaban J connectivity index is 0.000000180. The van der Waals surface area contributed by atoms with Gasteiger partial charge in [-0.15, -0.1) is 0 Å². The molecular formula is C54H54Cl2N4O2S. The molecule has 0 saturated carbocycles. The maximum Gasteiger partial charge on any atom is 0.243 e. The summed E-state index contributed by atoms with van der Waals surface area (Å²) in [6.07, 6.45) is 1.76. The van der Waals surface area contributed by atoms with Gasteiger partial charge in [-0.25, -0.2) is 8.42 Å². The summed E-state index contributed by atoms with van der Waals surface area (Å²) in [6.45, 7) is 6.82. The quantitative estimate of drug-likeness (QED) is 0.132. The van der Waals surface area contributed by atoms with E-state index in [4.69, 9.17) is 23.2 Å². The van der Waals surface area contributed by atoms with Crippen LogP contribution in [0.15, 0.2) is 193 Å². The van der Waals surface area contributed by atoms with Gasteiger partial charge in [0.05, 0.1) is 4.90 Å². The number of piperazine rings is 2. The SMILES string of the molecule is Clc1ccccc1-c1ccc(CN2CCN[C@@H](Cc3ccccc3)C2)cc1.O=S(=O)(c1ccccc1)N1CCN(Cc2ccc(-c3ccccc3Cl)cc2)C[C@@H]1Cc1ccccc1. The molecule has 9 rings (SSSR count). The summed E-state index contributed by atoms with van der Waals surface area (Å²) < 4.78 is 28.8. The monoisotopic (exact) mass is 892 g/mol. The van der Waals surface area contributed by atoms with Gasteiger partial charge < -0.3 is 5.32 Å².